The molecule has 0 fully saturated rings. The van der Waals surface area contributed by atoms with Crippen LogP contribution in [0, 0.1) is 13.8 Å². The maximum absolute atomic E-state index is 10.1. The highest BCUT2D eigenvalue weighted by molar-refractivity contribution is 6.32. The molecule has 0 radical (unpaired) electrons. The zero-order valence-corrected chi connectivity index (χ0v) is 10.6. The topological polar surface area (TPSA) is 29.5 Å². The van der Waals surface area contributed by atoms with Crippen LogP contribution < -0.4 is 4.74 Å². The zero-order valence-electron chi connectivity index (χ0n) is 9.81. The molecule has 1 aromatic rings. The third kappa shape index (κ3) is 2.27. The Morgan fingerprint density at radius 2 is 1.87 bits per heavy atom. The maximum atomic E-state index is 10.1. The van der Waals surface area contributed by atoms with Gasteiger partial charge in [-0.15, -0.1) is 0 Å². The van der Waals surface area contributed by atoms with E-state index in [0.29, 0.717) is 10.8 Å². The van der Waals surface area contributed by atoms with Gasteiger partial charge in [-0.05, 0) is 44.9 Å². The summed E-state index contributed by atoms with van der Waals surface area (Å²) in [5, 5.41) is 10.7. The van der Waals surface area contributed by atoms with E-state index >= 15 is 0 Å². The second-order valence-electron chi connectivity index (χ2n) is 4.27. The van der Waals surface area contributed by atoms with Crippen molar-refractivity contribution in [3.05, 3.63) is 27.8 Å². The van der Waals surface area contributed by atoms with Crippen molar-refractivity contribution in [3.63, 3.8) is 0 Å². The second-order valence-corrected chi connectivity index (χ2v) is 4.65. The first kappa shape index (κ1) is 12.3. The van der Waals surface area contributed by atoms with Crippen molar-refractivity contribution in [2.24, 2.45) is 0 Å². The fraction of sp³-hybridized carbons (Fsp3) is 0.500. The van der Waals surface area contributed by atoms with Gasteiger partial charge >= 0.3 is 0 Å². The number of ether oxygens (including phenoxy) is 1. The molecule has 0 saturated heterocycles. The summed E-state index contributed by atoms with van der Waals surface area (Å²) in [6, 6.07) is 1.85. The molecule has 3 heteroatoms. The minimum Gasteiger partial charge on any atom is -0.496 e. The van der Waals surface area contributed by atoms with Crippen LogP contribution in [0.4, 0.5) is 0 Å². The van der Waals surface area contributed by atoms with Crippen LogP contribution in [-0.4, -0.2) is 12.2 Å². The Morgan fingerprint density at radius 1 is 1.33 bits per heavy atom. The molecule has 0 heterocycles. The van der Waals surface area contributed by atoms with Gasteiger partial charge in [0.2, 0.25) is 0 Å². The number of hydrogen-bond acceptors (Lipinski definition) is 2. The standard InChI is InChI=1S/C12H17ClO2/c1-7-6-9(15-5)10(12(3,4)14)8(2)11(7)13/h6,14H,1-5H3. The van der Waals surface area contributed by atoms with Gasteiger partial charge in [0.15, 0.2) is 0 Å². The van der Waals surface area contributed by atoms with Gasteiger partial charge in [0.25, 0.3) is 0 Å². The van der Waals surface area contributed by atoms with Crippen LogP contribution in [0.1, 0.15) is 30.5 Å². The van der Waals surface area contributed by atoms with Gasteiger partial charge in [-0.3, -0.25) is 0 Å². The highest BCUT2D eigenvalue weighted by Crippen LogP contribution is 2.37. The van der Waals surface area contributed by atoms with Gasteiger partial charge in [0, 0.05) is 10.6 Å². The van der Waals surface area contributed by atoms with E-state index in [1.807, 2.05) is 19.9 Å². The molecule has 84 valence electrons. The molecule has 0 bridgehead atoms. The molecule has 0 unspecified atom stereocenters. The van der Waals surface area contributed by atoms with Gasteiger partial charge < -0.3 is 9.84 Å². The molecular formula is C12H17ClO2. The number of benzene rings is 1. The molecule has 0 amide bonds. The Balaban J connectivity index is 3.55. The normalized spacial score (nSPS) is 11.7. The van der Waals surface area contributed by atoms with E-state index < -0.39 is 5.60 Å². The highest BCUT2D eigenvalue weighted by atomic mass is 35.5. The van der Waals surface area contributed by atoms with Crippen LogP contribution in [0.25, 0.3) is 0 Å². The molecule has 0 spiro atoms. The van der Waals surface area contributed by atoms with Crippen molar-refractivity contribution in [3.8, 4) is 5.75 Å². The van der Waals surface area contributed by atoms with Crippen LogP contribution in [0.15, 0.2) is 6.07 Å². The molecule has 15 heavy (non-hydrogen) atoms. The Hall–Kier alpha value is -0.730. The van der Waals surface area contributed by atoms with Crippen molar-refractivity contribution in [2.75, 3.05) is 7.11 Å². The van der Waals surface area contributed by atoms with Crippen LogP contribution >= 0.6 is 11.6 Å². The molecule has 0 aliphatic heterocycles. The van der Waals surface area contributed by atoms with Crippen molar-refractivity contribution in [2.45, 2.75) is 33.3 Å². The molecule has 0 aromatic heterocycles. The summed E-state index contributed by atoms with van der Waals surface area (Å²) in [6.07, 6.45) is 0. The average molecular weight is 229 g/mol. The summed E-state index contributed by atoms with van der Waals surface area (Å²) in [4.78, 5) is 0. The summed E-state index contributed by atoms with van der Waals surface area (Å²) in [5.41, 5.74) is 1.63. The highest BCUT2D eigenvalue weighted by Gasteiger charge is 2.25. The number of aliphatic hydroxyl groups is 1. The maximum Gasteiger partial charge on any atom is 0.125 e. The van der Waals surface area contributed by atoms with E-state index in [2.05, 4.69) is 0 Å². The van der Waals surface area contributed by atoms with Crippen LogP contribution in [-0.2, 0) is 5.60 Å². The Bertz CT molecular complexity index is 378. The molecule has 1 rings (SSSR count). The Kier molecular flexibility index (Phi) is 3.31. The molecule has 0 aliphatic rings. The fourth-order valence-electron chi connectivity index (χ4n) is 1.84. The summed E-state index contributed by atoms with van der Waals surface area (Å²) < 4.78 is 5.27. The van der Waals surface area contributed by atoms with Gasteiger partial charge in [-0.25, -0.2) is 0 Å². The zero-order chi connectivity index (χ0) is 11.8. The van der Waals surface area contributed by atoms with Gasteiger partial charge in [-0.2, -0.15) is 0 Å². The van der Waals surface area contributed by atoms with Crippen molar-refractivity contribution >= 4 is 11.6 Å². The number of methoxy groups -OCH3 is 1. The quantitative estimate of drug-likeness (QED) is 0.843. The van der Waals surface area contributed by atoms with Crippen molar-refractivity contribution < 1.29 is 9.84 Å². The van der Waals surface area contributed by atoms with Gasteiger partial charge in [-0.1, -0.05) is 11.6 Å². The summed E-state index contributed by atoms with van der Waals surface area (Å²) in [5.74, 6) is 0.682. The minimum atomic E-state index is -0.952. The fourth-order valence-corrected chi connectivity index (χ4v) is 1.99. The minimum absolute atomic E-state index is 0.682. The lowest BCUT2D eigenvalue weighted by atomic mass is 9.91. The van der Waals surface area contributed by atoms with E-state index in [1.54, 1.807) is 21.0 Å². The van der Waals surface area contributed by atoms with Crippen LogP contribution in [0.3, 0.4) is 0 Å². The van der Waals surface area contributed by atoms with Crippen molar-refractivity contribution in [1.29, 1.82) is 0 Å². The van der Waals surface area contributed by atoms with E-state index in [4.69, 9.17) is 16.3 Å². The summed E-state index contributed by atoms with van der Waals surface area (Å²) in [7, 11) is 1.59. The third-order valence-electron chi connectivity index (χ3n) is 2.48. The molecule has 2 nitrogen and oxygen atoms in total. The first-order valence-corrected chi connectivity index (χ1v) is 5.23. The second kappa shape index (κ2) is 4.03. The molecule has 0 aliphatic carbocycles. The lowest BCUT2D eigenvalue weighted by Crippen LogP contribution is -2.19. The van der Waals surface area contributed by atoms with E-state index in [0.717, 1.165) is 16.7 Å². The third-order valence-corrected chi connectivity index (χ3v) is 3.06. The van der Waals surface area contributed by atoms with E-state index in [-0.39, 0.29) is 0 Å². The van der Waals surface area contributed by atoms with Crippen molar-refractivity contribution in [1.82, 2.24) is 0 Å². The number of rotatable bonds is 2. The lowest BCUT2D eigenvalue weighted by molar-refractivity contribution is 0.0749. The summed E-state index contributed by atoms with van der Waals surface area (Å²) >= 11 is 6.15. The molecule has 1 aromatic carbocycles. The van der Waals surface area contributed by atoms with E-state index in [1.165, 1.54) is 0 Å². The number of hydrogen-bond donors (Lipinski definition) is 1. The van der Waals surface area contributed by atoms with E-state index in [9.17, 15) is 5.11 Å². The average Bonchev–Trinajstić information content (AvgIpc) is 2.11. The first-order chi connectivity index (χ1) is 6.79. The Labute approximate surface area is 95.8 Å². The summed E-state index contributed by atoms with van der Waals surface area (Å²) in [6.45, 7) is 7.27. The SMILES string of the molecule is COc1cc(C)c(Cl)c(C)c1C(C)(C)O. The predicted molar refractivity (Wildman–Crippen MR) is 62.7 cm³/mol. The lowest BCUT2D eigenvalue weighted by Gasteiger charge is -2.24. The van der Waals surface area contributed by atoms with Gasteiger partial charge in [0.05, 0.1) is 12.7 Å². The van der Waals surface area contributed by atoms with Crippen LogP contribution in [0.5, 0.6) is 5.75 Å². The molecule has 1 N–H and O–H groups in total. The molecule has 0 saturated carbocycles. The monoisotopic (exact) mass is 228 g/mol. The number of aryl methyl sites for hydroxylation is 1. The largest absolute Gasteiger partial charge is 0.496 e. The predicted octanol–water partition coefficient (Wildman–Crippen LogP) is 3.19. The first-order valence-electron chi connectivity index (χ1n) is 4.85. The smallest absolute Gasteiger partial charge is 0.125 e. The molecule has 0 atom stereocenters. The van der Waals surface area contributed by atoms with Crippen LogP contribution in [0.2, 0.25) is 5.02 Å². The Morgan fingerprint density at radius 3 is 2.27 bits per heavy atom. The molecular weight excluding hydrogens is 212 g/mol. The van der Waals surface area contributed by atoms with Gasteiger partial charge in [0.1, 0.15) is 5.75 Å². The number of halogens is 1.